The second-order valence-corrected chi connectivity index (χ2v) is 4.31. The number of urea groups is 1. The second kappa shape index (κ2) is 7.85. The van der Waals surface area contributed by atoms with Crippen LogP contribution in [0.1, 0.15) is 31.4 Å². The fourth-order valence-electron chi connectivity index (χ4n) is 1.73. The van der Waals surface area contributed by atoms with Gasteiger partial charge in [0.25, 0.3) is 0 Å². The summed E-state index contributed by atoms with van der Waals surface area (Å²) in [6, 6.07) is 7.52. The van der Waals surface area contributed by atoms with Crippen LogP contribution in [0.25, 0.3) is 0 Å². The molecular weight excluding hydrogens is 256 g/mol. The first-order valence-electron chi connectivity index (χ1n) is 6.36. The number of carboxylic acids is 1. The summed E-state index contributed by atoms with van der Waals surface area (Å²) in [5.74, 6) is 1.46. The normalized spacial score (nSPS) is 12.8. The molecule has 0 aliphatic heterocycles. The lowest BCUT2D eigenvalue weighted by molar-refractivity contribution is -0.137. The van der Waals surface area contributed by atoms with E-state index in [0.29, 0.717) is 6.42 Å². The molecule has 0 fully saturated rings. The highest BCUT2D eigenvalue weighted by Crippen LogP contribution is 2.16. The second-order valence-electron chi connectivity index (χ2n) is 4.31. The van der Waals surface area contributed by atoms with Crippen molar-refractivity contribution in [2.75, 3.05) is 0 Å². The number of aliphatic carboxylic acids is 1. The smallest absolute Gasteiger partial charge is 0.316 e. The van der Waals surface area contributed by atoms with Gasteiger partial charge < -0.3 is 15.7 Å². The summed E-state index contributed by atoms with van der Waals surface area (Å²) >= 11 is 0. The lowest BCUT2D eigenvalue weighted by Gasteiger charge is -2.19. The summed E-state index contributed by atoms with van der Waals surface area (Å²) in [4.78, 5) is 22.7. The molecular formula is C15H18N2O3. The van der Waals surface area contributed by atoms with Crippen LogP contribution < -0.4 is 10.6 Å². The molecule has 5 heteroatoms. The zero-order chi connectivity index (χ0) is 15.0. The van der Waals surface area contributed by atoms with Crippen LogP contribution in [0.4, 0.5) is 4.79 Å². The Hall–Kier alpha value is -2.48. The first-order chi connectivity index (χ1) is 9.56. The quantitative estimate of drug-likeness (QED) is 0.693. The lowest BCUT2D eigenvalue weighted by atomic mass is 10.0. The summed E-state index contributed by atoms with van der Waals surface area (Å²) in [7, 11) is 0. The molecule has 0 aliphatic rings. The molecule has 2 amide bonds. The van der Waals surface area contributed by atoms with Crippen molar-refractivity contribution in [3.8, 4) is 12.3 Å². The third kappa shape index (κ3) is 5.02. The highest BCUT2D eigenvalue weighted by molar-refractivity contribution is 5.76. The average molecular weight is 274 g/mol. The van der Waals surface area contributed by atoms with Gasteiger partial charge in [0, 0.05) is 0 Å². The number of rotatable bonds is 6. The Kier molecular flexibility index (Phi) is 6.11. The van der Waals surface area contributed by atoms with Gasteiger partial charge in [-0.3, -0.25) is 4.79 Å². The molecule has 0 saturated carbocycles. The first kappa shape index (κ1) is 15.6. The molecule has 0 spiro atoms. The fourth-order valence-corrected chi connectivity index (χ4v) is 1.73. The molecule has 5 nitrogen and oxygen atoms in total. The van der Waals surface area contributed by atoms with E-state index in [1.807, 2.05) is 13.0 Å². The molecule has 0 aliphatic carbocycles. The Morgan fingerprint density at radius 2 is 1.95 bits per heavy atom. The summed E-state index contributed by atoms with van der Waals surface area (Å²) in [6.07, 6.45) is 5.69. The van der Waals surface area contributed by atoms with Gasteiger partial charge in [0.2, 0.25) is 0 Å². The lowest BCUT2D eigenvalue weighted by Crippen LogP contribution is -2.43. The predicted octanol–water partition coefficient (Wildman–Crippen LogP) is 1.91. The summed E-state index contributed by atoms with van der Waals surface area (Å²) in [5, 5.41) is 14.2. The highest BCUT2D eigenvalue weighted by atomic mass is 16.4. The molecule has 0 radical (unpaired) electrons. The van der Waals surface area contributed by atoms with Gasteiger partial charge in [-0.15, -0.1) is 6.42 Å². The summed E-state index contributed by atoms with van der Waals surface area (Å²) < 4.78 is 0. The van der Waals surface area contributed by atoms with E-state index in [1.165, 1.54) is 0 Å². The van der Waals surface area contributed by atoms with Crippen LogP contribution in [0.2, 0.25) is 0 Å². The summed E-state index contributed by atoms with van der Waals surface area (Å²) in [5.41, 5.74) is 0.735. The number of terminal acetylenes is 1. The molecule has 1 rings (SSSR count). The molecule has 1 aromatic rings. The van der Waals surface area contributed by atoms with E-state index in [9.17, 15) is 9.59 Å². The van der Waals surface area contributed by atoms with Gasteiger partial charge in [-0.25, -0.2) is 4.79 Å². The van der Waals surface area contributed by atoms with E-state index >= 15 is 0 Å². The van der Waals surface area contributed by atoms with Crippen molar-refractivity contribution in [2.45, 2.75) is 31.8 Å². The molecule has 1 aromatic carbocycles. The van der Waals surface area contributed by atoms with Crippen LogP contribution in [-0.2, 0) is 4.79 Å². The van der Waals surface area contributed by atoms with Gasteiger partial charge in [0.1, 0.15) is 0 Å². The average Bonchev–Trinajstić information content (AvgIpc) is 2.44. The highest BCUT2D eigenvalue weighted by Gasteiger charge is 2.18. The Morgan fingerprint density at radius 3 is 2.45 bits per heavy atom. The number of benzene rings is 1. The maximum atomic E-state index is 11.8. The summed E-state index contributed by atoms with van der Waals surface area (Å²) in [6.45, 7) is 1.86. The van der Waals surface area contributed by atoms with Crippen molar-refractivity contribution in [1.29, 1.82) is 0 Å². The van der Waals surface area contributed by atoms with E-state index in [0.717, 1.165) is 5.56 Å². The standard InChI is InChI=1S/C15H18N2O3/c1-3-12(4-2)16-15(20)17-13(10-14(18)19)11-8-6-5-7-9-11/h1,5-9,12-13H,4,10H2,2H3,(H,18,19)(H2,16,17,20). The number of hydrogen-bond donors (Lipinski definition) is 3. The van der Waals surface area contributed by atoms with Crippen molar-refractivity contribution in [3.05, 3.63) is 35.9 Å². The number of amides is 2. The first-order valence-corrected chi connectivity index (χ1v) is 6.36. The predicted molar refractivity (Wildman–Crippen MR) is 76.0 cm³/mol. The minimum atomic E-state index is -0.983. The Labute approximate surface area is 118 Å². The van der Waals surface area contributed by atoms with Crippen molar-refractivity contribution < 1.29 is 14.7 Å². The number of nitrogens with one attached hydrogen (secondary N) is 2. The molecule has 2 unspecified atom stereocenters. The van der Waals surface area contributed by atoms with Crippen molar-refractivity contribution in [2.24, 2.45) is 0 Å². The largest absolute Gasteiger partial charge is 0.481 e. The number of carbonyl (C=O) groups is 2. The van der Waals surface area contributed by atoms with Crippen LogP contribution in [-0.4, -0.2) is 23.1 Å². The zero-order valence-electron chi connectivity index (χ0n) is 11.3. The van der Waals surface area contributed by atoms with E-state index in [2.05, 4.69) is 16.6 Å². The molecule has 0 heterocycles. The van der Waals surface area contributed by atoms with Crippen LogP contribution in [0.5, 0.6) is 0 Å². The topological polar surface area (TPSA) is 78.4 Å². The molecule has 20 heavy (non-hydrogen) atoms. The van der Waals surface area contributed by atoms with Crippen LogP contribution in [0, 0.1) is 12.3 Å². The van der Waals surface area contributed by atoms with Crippen LogP contribution in [0.15, 0.2) is 30.3 Å². The minimum Gasteiger partial charge on any atom is -0.481 e. The van der Waals surface area contributed by atoms with E-state index in [-0.39, 0.29) is 12.5 Å². The third-order valence-electron chi connectivity index (χ3n) is 2.80. The van der Waals surface area contributed by atoms with E-state index in [1.54, 1.807) is 24.3 Å². The maximum absolute atomic E-state index is 11.8. The van der Waals surface area contributed by atoms with Crippen molar-refractivity contribution >= 4 is 12.0 Å². The van der Waals surface area contributed by atoms with E-state index < -0.39 is 18.0 Å². The number of hydrogen-bond acceptors (Lipinski definition) is 2. The molecule has 2 atom stereocenters. The van der Waals surface area contributed by atoms with Gasteiger partial charge in [0.05, 0.1) is 18.5 Å². The van der Waals surface area contributed by atoms with E-state index in [4.69, 9.17) is 11.5 Å². The van der Waals surface area contributed by atoms with Crippen LogP contribution >= 0.6 is 0 Å². The molecule has 3 N–H and O–H groups in total. The van der Waals surface area contributed by atoms with Crippen molar-refractivity contribution in [3.63, 3.8) is 0 Å². The number of carboxylic acid groups (broad SMARTS) is 1. The maximum Gasteiger partial charge on any atom is 0.316 e. The molecule has 0 bridgehead atoms. The SMILES string of the molecule is C#CC(CC)NC(=O)NC(CC(=O)O)c1ccccc1. The fraction of sp³-hybridized carbons (Fsp3) is 0.333. The Bertz CT molecular complexity index is 494. The molecule has 0 aromatic heterocycles. The van der Waals surface area contributed by atoms with Gasteiger partial charge >= 0.3 is 12.0 Å². The van der Waals surface area contributed by atoms with Crippen LogP contribution in [0.3, 0.4) is 0 Å². The van der Waals surface area contributed by atoms with Gasteiger partial charge in [-0.05, 0) is 12.0 Å². The monoisotopic (exact) mass is 274 g/mol. The third-order valence-corrected chi connectivity index (χ3v) is 2.80. The van der Waals surface area contributed by atoms with Crippen molar-refractivity contribution in [1.82, 2.24) is 10.6 Å². The van der Waals surface area contributed by atoms with Gasteiger partial charge in [0.15, 0.2) is 0 Å². The van der Waals surface area contributed by atoms with Gasteiger partial charge in [-0.2, -0.15) is 0 Å². The van der Waals surface area contributed by atoms with Gasteiger partial charge in [-0.1, -0.05) is 43.2 Å². The number of carbonyl (C=O) groups excluding carboxylic acids is 1. The molecule has 0 saturated heterocycles. The minimum absolute atomic E-state index is 0.190. The Morgan fingerprint density at radius 1 is 1.30 bits per heavy atom. The zero-order valence-corrected chi connectivity index (χ0v) is 11.3. The Balaban J connectivity index is 2.73. The molecule has 106 valence electrons.